The van der Waals surface area contributed by atoms with Crippen LogP contribution in [0, 0.1) is 0 Å². The van der Waals surface area contributed by atoms with E-state index < -0.39 is 0 Å². The molecule has 0 bridgehead atoms. The van der Waals surface area contributed by atoms with E-state index in [1.54, 1.807) is 7.11 Å². The summed E-state index contributed by atoms with van der Waals surface area (Å²) >= 11 is 1.93. The summed E-state index contributed by atoms with van der Waals surface area (Å²) in [7, 11) is 1.72. The Hall–Kier alpha value is -0.670. The van der Waals surface area contributed by atoms with Crippen molar-refractivity contribution in [2.75, 3.05) is 12.9 Å². The molecule has 0 saturated heterocycles. The number of hydrogen-bond acceptors (Lipinski definition) is 3. The zero-order valence-corrected chi connectivity index (χ0v) is 9.14. The minimum absolute atomic E-state index is 0.176. The quantitative estimate of drug-likeness (QED) is 0.771. The minimum atomic E-state index is 0.176. The molecule has 1 atom stereocenters. The number of nitrogens with two attached hydrogens (primary N) is 1. The second kappa shape index (κ2) is 4.24. The number of hydrogen-bond donors (Lipinski definition) is 1. The largest absolute Gasteiger partial charge is 0.496 e. The number of methoxy groups -OCH3 is 1. The zero-order chi connectivity index (χ0) is 9.97. The first-order valence-corrected chi connectivity index (χ1v) is 5.97. The Bertz CT molecular complexity index is 327. The van der Waals surface area contributed by atoms with Gasteiger partial charge in [0.25, 0.3) is 0 Å². The molecule has 2 rings (SSSR count). The van der Waals surface area contributed by atoms with E-state index in [4.69, 9.17) is 10.5 Å². The Balaban J connectivity index is 2.46. The Labute approximate surface area is 88.8 Å². The average molecular weight is 209 g/mol. The van der Waals surface area contributed by atoms with Gasteiger partial charge in [-0.1, -0.05) is 12.1 Å². The molecule has 1 aromatic carbocycles. The second-order valence-electron chi connectivity index (χ2n) is 3.48. The van der Waals surface area contributed by atoms with Gasteiger partial charge in [-0.3, -0.25) is 0 Å². The van der Waals surface area contributed by atoms with Crippen molar-refractivity contribution in [2.24, 2.45) is 5.73 Å². The van der Waals surface area contributed by atoms with Gasteiger partial charge in [0.2, 0.25) is 0 Å². The summed E-state index contributed by atoms with van der Waals surface area (Å²) in [5.41, 5.74) is 8.64. The third-order valence-electron chi connectivity index (χ3n) is 2.61. The van der Waals surface area contributed by atoms with Gasteiger partial charge in [0.15, 0.2) is 0 Å². The molecule has 1 aromatic rings. The molecule has 76 valence electrons. The lowest BCUT2D eigenvalue weighted by Gasteiger charge is -2.14. The maximum atomic E-state index is 6.10. The van der Waals surface area contributed by atoms with Gasteiger partial charge in [-0.25, -0.2) is 0 Å². The Morgan fingerprint density at radius 3 is 3.14 bits per heavy atom. The molecule has 0 saturated carbocycles. The molecule has 1 aliphatic heterocycles. The Morgan fingerprint density at radius 2 is 2.36 bits per heavy atom. The van der Waals surface area contributed by atoms with Crippen LogP contribution < -0.4 is 10.5 Å². The fraction of sp³-hybridized carbons (Fsp3) is 0.455. The summed E-state index contributed by atoms with van der Waals surface area (Å²) in [6, 6.07) is 6.33. The number of rotatable bonds is 1. The van der Waals surface area contributed by atoms with Gasteiger partial charge in [-0.05, 0) is 23.8 Å². The Morgan fingerprint density at radius 1 is 1.50 bits per heavy atom. The van der Waals surface area contributed by atoms with Crippen molar-refractivity contribution in [3.63, 3.8) is 0 Å². The molecule has 1 aliphatic rings. The first-order chi connectivity index (χ1) is 6.83. The van der Waals surface area contributed by atoms with E-state index in [2.05, 4.69) is 6.07 Å². The van der Waals surface area contributed by atoms with Crippen LogP contribution in [0.25, 0.3) is 0 Å². The lowest BCUT2D eigenvalue weighted by molar-refractivity contribution is 0.410. The third-order valence-corrected chi connectivity index (χ3v) is 3.63. The van der Waals surface area contributed by atoms with E-state index in [0.717, 1.165) is 23.7 Å². The molecule has 14 heavy (non-hydrogen) atoms. The molecule has 0 aromatic heterocycles. The van der Waals surface area contributed by atoms with Crippen LogP contribution in [0.15, 0.2) is 18.2 Å². The first-order valence-electron chi connectivity index (χ1n) is 4.82. The van der Waals surface area contributed by atoms with Gasteiger partial charge in [0.05, 0.1) is 7.11 Å². The lowest BCUT2D eigenvalue weighted by Crippen LogP contribution is -2.11. The van der Waals surface area contributed by atoms with Crippen LogP contribution in [-0.2, 0) is 5.75 Å². The maximum Gasteiger partial charge on any atom is 0.123 e. The summed E-state index contributed by atoms with van der Waals surface area (Å²) < 4.78 is 5.35. The number of thioether (sulfide) groups is 1. The molecule has 1 heterocycles. The highest BCUT2D eigenvalue weighted by Gasteiger charge is 2.17. The van der Waals surface area contributed by atoms with Gasteiger partial charge < -0.3 is 10.5 Å². The van der Waals surface area contributed by atoms with Crippen molar-refractivity contribution < 1.29 is 4.74 Å². The Kier molecular flexibility index (Phi) is 2.99. The van der Waals surface area contributed by atoms with Crippen LogP contribution in [0.5, 0.6) is 5.75 Å². The predicted octanol–water partition coefficient (Wildman–Crippen LogP) is 2.33. The van der Waals surface area contributed by atoms with E-state index in [1.807, 2.05) is 23.9 Å². The average Bonchev–Trinajstić information content (AvgIpc) is 2.41. The molecule has 0 amide bonds. The maximum absolute atomic E-state index is 6.10. The van der Waals surface area contributed by atoms with E-state index in [-0.39, 0.29) is 6.04 Å². The van der Waals surface area contributed by atoms with Crippen LogP contribution in [0.3, 0.4) is 0 Å². The molecular formula is C11H15NOS. The van der Waals surface area contributed by atoms with Crippen LogP contribution in [0.2, 0.25) is 0 Å². The summed E-state index contributed by atoms with van der Waals surface area (Å²) in [4.78, 5) is 0. The fourth-order valence-electron chi connectivity index (χ4n) is 1.82. The predicted molar refractivity (Wildman–Crippen MR) is 60.7 cm³/mol. The fourth-order valence-corrected chi connectivity index (χ4v) is 2.89. The molecule has 0 aliphatic carbocycles. The van der Waals surface area contributed by atoms with Gasteiger partial charge in [-0.2, -0.15) is 11.8 Å². The highest BCUT2D eigenvalue weighted by atomic mass is 32.2. The van der Waals surface area contributed by atoms with Gasteiger partial charge in [0, 0.05) is 17.4 Å². The highest BCUT2D eigenvalue weighted by molar-refractivity contribution is 7.98. The van der Waals surface area contributed by atoms with E-state index in [0.29, 0.717) is 0 Å². The molecule has 2 nitrogen and oxygen atoms in total. The molecule has 0 spiro atoms. The SMILES string of the molecule is COc1cccc2c1CSCC[C@@H]2N. The summed E-state index contributed by atoms with van der Waals surface area (Å²) in [5.74, 6) is 3.14. The summed E-state index contributed by atoms with van der Waals surface area (Å²) in [6.07, 6.45) is 1.06. The smallest absolute Gasteiger partial charge is 0.123 e. The van der Waals surface area contributed by atoms with E-state index >= 15 is 0 Å². The normalized spacial score (nSPS) is 21.1. The molecule has 0 fully saturated rings. The number of benzene rings is 1. The monoisotopic (exact) mass is 209 g/mol. The standard InChI is InChI=1S/C11H15NOS/c1-13-11-4-2-3-8-9(11)7-14-6-5-10(8)12/h2-4,10H,5-7,12H2,1H3/t10-/m0/s1. The zero-order valence-electron chi connectivity index (χ0n) is 8.32. The van der Waals surface area contributed by atoms with Crippen molar-refractivity contribution in [3.8, 4) is 5.75 Å². The lowest BCUT2D eigenvalue weighted by atomic mass is 9.99. The third kappa shape index (κ3) is 1.74. The molecule has 0 radical (unpaired) electrons. The highest BCUT2D eigenvalue weighted by Crippen LogP contribution is 2.34. The molecule has 3 heteroatoms. The van der Waals surface area contributed by atoms with Gasteiger partial charge in [-0.15, -0.1) is 0 Å². The minimum Gasteiger partial charge on any atom is -0.496 e. The number of fused-ring (bicyclic) bond motifs is 1. The summed E-state index contributed by atoms with van der Waals surface area (Å²) in [5, 5.41) is 0. The van der Waals surface area contributed by atoms with Gasteiger partial charge in [0.1, 0.15) is 5.75 Å². The summed E-state index contributed by atoms with van der Waals surface area (Å²) in [6.45, 7) is 0. The van der Waals surface area contributed by atoms with Crippen LogP contribution >= 0.6 is 11.8 Å². The van der Waals surface area contributed by atoms with Crippen molar-refractivity contribution in [1.29, 1.82) is 0 Å². The van der Waals surface area contributed by atoms with Crippen molar-refractivity contribution in [3.05, 3.63) is 29.3 Å². The van der Waals surface area contributed by atoms with Crippen molar-refractivity contribution in [2.45, 2.75) is 18.2 Å². The molecule has 0 unspecified atom stereocenters. The second-order valence-corrected chi connectivity index (χ2v) is 4.58. The topological polar surface area (TPSA) is 35.2 Å². The van der Waals surface area contributed by atoms with Gasteiger partial charge >= 0.3 is 0 Å². The van der Waals surface area contributed by atoms with E-state index in [9.17, 15) is 0 Å². The van der Waals surface area contributed by atoms with Crippen molar-refractivity contribution >= 4 is 11.8 Å². The van der Waals surface area contributed by atoms with Crippen LogP contribution in [0.1, 0.15) is 23.6 Å². The molecular weight excluding hydrogens is 194 g/mol. The van der Waals surface area contributed by atoms with Crippen LogP contribution in [0.4, 0.5) is 0 Å². The van der Waals surface area contributed by atoms with Crippen LogP contribution in [-0.4, -0.2) is 12.9 Å². The van der Waals surface area contributed by atoms with Crippen molar-refractivity contribution in [1.82, 2.24) is 0 Å². The van der Waals surface area contributed by atoms with E-state index in [1.165, 1.54) is 11.1 Å². The molecule has 2 N–H and O–H groups in total. The number of ether oxygens (including phenoxy) is 1. The first kappa shape index (κ1) is 9.87.